The van der Waals surface area contributed by atoms with Gasteiger partial charge in [-0.1, -0.05) is 54.6 Å². The number of hydrogen-bond acceptors (Lipinski definition) is 3. The zero-order valence-corrected chi connectivity index (χ0v) is 18.0. The third kappa shape index (κ3) is 2.51. The van der Waals surface area contributed by atoms with Crippen molar-refractivity contribution >= 4 is 34.4 Å². The van der Waals surface area contributed by atoms with E-state index in [0.717, 1.165) is 47.9 Å². The molecule has 3 aromatic carbocycles. The SMILES string of the molecule is S=C1N(c2ccccc2)[C@@]23CCCC[C@@]2(N[N+](c2ccccc2)=N3)N1c1ccccc1. The highest BCUT2D eigenvalue weighted by Gasteiger charge is 2.75. The van der Waals surface area contributed by atoms with E-state index in [1.807, 2.05) is 35.1 Å². The number of anilines is 2. The van der Waals surface area contributed by atoms with Gasteiger partial charge in [0.15, 0.2) is 5.11 Å². The highest BCUT2D eigenvalue weighted by Crippen LogP contribution is 2.55. The summed E-state index contributed by atoms with van der Waals surface area (Å²) in [5, 5.41) is 6.16. The molecule has 2 heterocycles. The Morgan fingerprint density at radius 3 is 1.94 bits per heavy atom. The normalized spacial score (nSPS) is 26.8. The summed E-state index contributed by atoms with van der Waals surface area (Å²) in [6.07, 6.45) is 4.13. The van der Waals surface area contributed by atoms with E-state index in [1.165, 1.54) is 0 Å². The second-order valence-corrected chi connectivity index (χ2v) is 8.73. The summed E-state index contributed by atoms with van der Waals surface area (Å²) in [7, 11) is 0. The number of nitrogens with one attached hydrogen (secondary N) is 1. The Kier molecular flexibility index (Phi) is 4.11. The molecule has 0 aromatic heterocycles. The summed E-state index contributed by atoms with van der Waals surface area (Å²) in [4.78, 5) is 6.56. The number of hydrogen-bond donors (Lipinski definition) is 1. The van der Waals surface area contributed by atoms with Crippen LogP contribution in [-0.4, -0.2) is 21.2 Å². The number of hydrazine groups is 1. The summed E-state index contributed by atoms with van der Waals surface area (Å²) in [5.74, 6) is 0. The lowest BCUT2D eigenvalue weighted by atomic mass is 9.79. The maximum absolute atomic E-state index is 6.17. The highest BCUT2D eigenvalue weighted by molar-refractivity contribution is 7.80. The molecule has 0 amide bonds. The molecule has 0 bridgehead atoms. The predicted molar refractivity (Wildman–Crippen MR) is 126 cm³/mol. The third-order valence-corrected chi connectivity index (χ3v) is 7.06. The summed E-state index contributed by atoms with van der Waals surface area (Å²) in [5.41, 5.74) is 6.06. The number of thiocarbonyl (C=S) groups is 1. The molecule has 6 rings (SSSR count). The molecule has 2 fully saturated rings. The average Bonchev–Trinajstić information content (AvgIpc) is 3.28. The van der Waals surface area contributed by atoms with E-state index in [0.29, 0.717) is 0 Å². The van der Waals surface area contributed by atoms with E-state index in [-0.39, 0.29) is 0 Å². The largest absolute Gasteiger partial charge is 0.286 e. The second-order valence-electron chi connectivity index (χ2n) is 8.37. The minimum absolute atomic E-state index is 0.449. The molecule has 0 spiro atoms. The van der Waals surface area contributed by atoms with Gasteiger partial charge in [0.1, 0.15) is 0 Å². The molecular formula is C25H24N5S+. The molecule has 3 aromatic rings. The fourth-order valence-corrected chi connectivity index (χ4v) is 5.93. The van der Waals surface area contributed by atoms with Crippen molar-refractivity contribution in [2.75, 3.05) is 9.80 Å². The zero-order chi connectivity index (χ0) is 20.9. The first-order valence-corrected chi connectivity index (χ1v) is 11.3. The standard InChI is InChI=1S/C25H24N5S/c31-23-28(20-12-4-1-5-13-20)24-18-10-11-19-25(24,29(23)21-14-6-2-7-15-21)27-30(26-24)22-16-8-3-9-17-22/h1-9,12-17H,10-11,18-19H2,(H,26,27)/q+1/t24-,25+. The van der Waals surface area contributed by atoms with E-state index >= 15 is 0 Å². The summed E-state index contributed by atoms with van der Waals surface area (Å²) >= 11 is 6.17. The monoisotopic (exact) mass is 426 g/mol. The van der Waals surface area contributed by atoms with Crippen LogP contribution in [0, 0.1) is 0 Å². The fraction of sp³-hybridized carbons (Fsp3) is 0.240. The van der Waals surface area contributed by atoms with Crippen molar-refractivity contribution in [1.82, 2.24) is 5.43 Å². The van der Waals surface area contributed by atoms with Gasteiger partial charge in [-0.25, -0.2) is 0 Å². The van der Waals surface area contributed by atoms with Crippen LogP contribution in [0.1, 0.15) is 25.7 Å². The van der Waals surface area contributed by atoms with Crippen LogP contribution < -0.4 is 15.2 Å². The summed E-state index contributed by atoms with van der Waals surface area (Å²) in [6, 6.07) is 31.3. The Morgan fingerprint density at radius 2 is 1.29 bits per heavy atom. The lowest BCUT2D eigenvalue weighted by Crippen LogP contribution is -2.67. The van der Waals surface area contributed by atoms with Crippen LogP contribution in [-0.2, 0) is 0 Å². The molecule has 1 aliphatic carbocycles. The Morgan fingerprint density at radius 1 is 0.742 bits per heavy atom. The van der Waals surface area contributed by atoms with E-state index in [9.17, 15) is 0 Å². The van der Waals surface area contributed by atoms with Crippen molar-refractivity contribution in [3.05, 3.63) is 91.0 Å². The van der Waals surface area contributed by atoms with Crippen molar-refractivity contribution < 1.29 is 4.81 Å². The molecule has 2 aliphatic heterocycles. The second kappa shape index (κ2) is 6.89. The van der Waals surface area contributed by atoms with E-state index in [4.69, 9.17) is 17.3 Å². The smallest absolute Gasteiger partial charge is 0.265 e. The Labute approximate surface area is 187 Å². The molecule has 1 saturated carbocycles. The minimum Gasteiger partial charge on any atom is -0.286 e. The van der Waals surface area contributed by atoms with Crippen LogP contribution in [0.15, 0.2) is 96.1 Å². The van der Waals surface area contributed by atoms with Crippen LogP contribution in [0.25, 0.3) is 0 Å². The third-order valence-electron chi connectivity index (χ3n) is 6.70. The van der Waals surface area contributed by atoms with Gasteiger partial charge >= 0.3 is 0 Å². The van der Waals surface area contributed by atoms with Crippen LogP contribution in [0.3, 0.4) is 0 Å². The molecule has 0 unspecified atom stereocenters. The molecule has 6 heteroatoms. The van der Waals surface area contributed by atoms with Crippen LogP contribution in [0.5, 0.6) is 0 Å². The quantitative estimate of drug-likeness (QED) is 0.438. The fourth-order valence-electron chi connectivity index (χ4n) is 5.41. The van der Waals surface area contributed by atoms with Crippen molar-refractivity contribution in [3.63, 3.8) is 0 Å². The van der Waals surface area contributed by atoms with Gasteiger partial charge in [-0.05, 0) is 55.7 Å². The molecule has 3 aliphatic rings. The lowest BCUT2D eigenvalue weighted by molar-refractivity contribution is -0.567. The predicted octanol–water partition coefficient (Wildman–Crippen LogP) is 5.58. The molecule has 0 radical (unpaired) electrons. The first-order chi connectivity index (χ1) is 15.3. The maximum atomic E-state index is 6.17. The number of azo groups is 1. The Bertz CT molecular complexity index is 1150. The van der Waals surface area contributed by atoms with Gasteiger partial charge in [0.25, 0.3) is 11.4 Å². The summed E-state index contributed by atoms with van der Waals surface area (Å²) in [6.45, 7) is 0. The first-order valence-electron chi connectivity index (χ1n) is 10.9. The maximum Gasteiger partial charge on any atom is 0.265 e. The molecule has 154 valence electrons. The summed E-state index contributed by atoms with van der Waals surface area (Å²) < 4.78 is 0. The Hall–Kier alpha value is -3.25. The molecule has 31 heavy (non-hydrogen) atoms. The first kappa shape index (κ1) is 18.5. The zero-order valence-electron chi connectivity index (χ0n) is 17.2. The van der Waals surface area contributed by atoms with E-state index in [2.05, 4.69) is 75.9 Å². The van der Waals surface area contributed by atoms with Gasteiger partial charge in [0, 0.05) is 39.8 Å². The van der Waals surface area contributed by atoms with Crippen molar-refractivity contribution in [2.24, 2.45) is 5.11 Å². The van der Waals surface area contributed by atoms with Crippen LogP contribution >= 0.6 is 12.2 Å². The highest BCUT2D eigenvalue weighted by atomic mass is 32.1. The average molecular weight is 427 g/mol. The van der Waals surface area contributed by atoms with Crippen molar-refractivity contribution in [2.45, 2.75) is 37.0 Å². The van der Waals surface area contributed by atoms with Gasteiger partial charge < -0.3 is 0 Å². The Balaban J connectivity index is 1.60. The van der Waals surface area contributed by atoms with Gasteiger partial charge in [-0.3, -0.25) is 9.80 Å². The van der Waals surface area contributed by atoms with Gasteiger partial charge in [0.2, 0.25) is 5.66 Å². The minimum atomic E-state index is -0.518. The van der Waals surface area contributed by atoms with Gasteiger partial charge in [0.05, 0.1) is 0 Å². The van der Waals surface area contributed by atoms with Crippen molar-refractivity contribution in [1.29, 1.82) is 0 Å². The number of benzene rings is 3. The van der Waals surface area contributed by atoms with E-state index < -0.39 is 11.3 Å². The number of rotatable bonds is 3. The van der Waals surface area contributed by atoms with Crippen LogP contribution in [0.4, 0.5) is 17.1 Å². The molecule has 5 nitrogen and oxygen atoms in total. The van der Waals surface area contributed by atoms with Crippen molar-refractivity contribution in [3.8, 4) is 0 Å². The topological polar surface area (TPSA) is 33.9 Å². The van der Waals surface area contributed by atoms with Gasteiger partial charge in [-0.15, -0.1) is 5.43 Å². The lowest BCUT2D eigenvalue weighted by Gasteiger charge is -2.42. The van der Waals surface area contributed by atoms with Gasteiger partial charge in [-0.2, -0.15) is 0 Å². The molecule has 1 saturated heterocycles. The number of para-hydroxylation sites is 3. The molecule has 2 atom stereocenters. The number of nitrogens with zero attached hydrogens (tertiary/aromatic N) is 4. The van der Waals surface area contributed by atoms with E-state index in [1.54, 1.807) is 0 Å². The molecule has 1 N–H and O–H groups in total. The molecular weight excluding hydrogens is 402 g/mol. The van der Waals surface area contributed by atoms with Crippen LogP contribution in [0.2, 0.25) is 0 Å².